The minimum absolute atomic E-state index is 0.104. The van der Waals surface area contributed by atoms with Crippen molar-refractivity contribution >= 4 is 17.9 Å². The van der Waals surface area contributed by atoms with E-state index in [1.807, 2.05) is 0 Å². The molecule has 63 heavy (non-hydrogen) atoms. The standard InChI is InChI=1S/C57H96O6/c1-4-7-10-13-16-19-22-24-26-28-30-32-35-37-40-43-46-49-55(58)61-52-54(63-57(60)51-48-45-42-39-34-21-18-15-12-9-6-3)53-62-56(59)50-47-44-41-38-36-33-31-29-27-25-23-20-17-14-11-8-5-2/h7,10,16,19,24-27,30-33,38,41,54H,4-6,8-9,11-15,17-18,20-23,28-29,34-37,39-40,42-53H2,1-3H3/b10-7-,19-16-,26-24-,27-25-,32-30-,33-31-,41-38-/t54-/m1/s1. The van der Waals surface area contributed by atoms with E-state index in [0.29, 0.717) is 19.3 Å². The molecule has 0 aromatic heterocycles. The predicted molar refractivity (Wildman–Crippen MR) is 270 cm³/mol. The summed E-state index contributed by atoms with van der Waals surface area (Å²) in [5, 5.41) is 0. The summed E-state index contributed by atoms with van der Waals surface area (Å²) in [5.41, 5.74) is 0. The van der Waals surface area contributed by atoms with Gasteiger partial charge < -0.3 is 14.2 Å². The second kappa shape index (κ2) is 51.2. The molecule has 0 saturated carbocycles. The molecule has 0 aliphatic rings. The number of hydrogen-bond donors (Lipinski definition) is 0. The second-order valence-corrected chi connectivity index (χ2v) is 17.1. The monoisotopic (exact) mass is 877 g/mol. The Bertz CT molecular complexity index is 1240. The van der Waals surface area contributed by atoms with Gasteiger partial charge in [-0.25, -0.2) is 0 Å². The Kier molecular flexibility index (Phi) is 48.5. The van der Waals surface area contributed by atoms with Gasteiger partial charge >= 0.3 is 17.9 Å². The number of allylic oxidation sites excluding steroid dienone is 14. The number of unbranched alkanes of at least 4 members (excludes halogenated alkanes) is 21. The number of esters is 3. The van der Waals surface area contributed by atoms with Crippen molar-refractivity contribution in [2.75, 3.05) is 13.2 Å². The number of carbonyl (C=O) groups is 3. The van der Waals surface area contributed by atoms with Gasteiger partial charge in [-0.15, -0.1) is 0 Å². The largest absolute Gasteiger partial charge is 0.462 e. The van der Waals surface area contributed by atoms with Gasteiger partial charge in [0.1, 0.15) is 13.2 Å². The van der Waals surface area contributed by atoms with Crippen LogP contribution >= 0.6 is 0 Å². The summed E-state index contributed by atoms with van der Waals surface area (Å²) in [6.45, 7) is 6.44. The van der Waals surface area contributed by atoms with E-state index in [1.54, 1.807) is 0 Å². The van der Waals surface area contributed by atoms with E-state index in [9.17, 15) is 14.4 Å². The van der Waals surface area contributed by atoms with Crippen molar-refractivity contribution in [3.63, 3.8) is 0 Å². The maximum Gasteiger partial charge on any atom is 0.306 e. The first-order valence-electron chi connectivity index (χ1n) is 26.1. The van der Waals surface area contributed by atoms with Crippen molar-refractivity contribution in [1.82, 2.24) is 0 Å². The highest BCUT2D eigenvalue weighted by molar-refractivity contribution is 5.71. The lowest BCUT2D eigenvalue weighted by atomic mass is 10.1. The molecule has 0 spiro atoms. The van der Waals surface area contributed by atoms with Crippen LogP contribution in [0.25, 0.3) is 0 Å². The molecule has 0 saturated heterocycles. The summed E-state index contributed by atoms with van der Waals surface area (Å²) in [5.74, 6) is -0.980. The fourth-order valence-electron chi connectivity index (χ4n) is 6.98. The van der Waals surface area contributed by atoms with Crippen LogP contribution in [-0.2, 0) is 28.6 Å². The van der Waals surface area contributed by atoms with Crippen molar-refractivity contribution in [3.05, 3.63) is 85.1 Å². The third-order valence-corrected chi connectivity index (χ3v) is 10.9. The molecule has 1 atom stereocenters. The van der Waals surface area contributed by atoms with Crippen LogP contribution < -0.4 is 0 Å². The van der Waals surface area contributed by atoms with Crippen molar-refractivity contribution < 1.29 is 28.6 Å². The topological polar surface area (TPSA) is 78.9 Å². The lowest BCUT2D eigenvalue weighted by Gasteiger charge is -2.18. The minimum Gasteiger partial charge on any atom is -0.462 e. The van der Waals surface area contributed by atoms with Gasteiger partial charge in [-0.2, -0.15) is 0 Å². The van der Waals surface area contributed by atoms with Gasteiger partial charge in [-0.1, -0.05) is 215 Å². The van der Waals surface area contributed by atoms with Gasteiger partial charge in [0.15, 0.2) is 6.10 Å². The van der Waals surface area contributed by atoms with Gasteiger partial charge in [0.2, 0.25) is 0 Å². The van der Waals surface area contributed by atoms with Crippen LogP contribution in [0.2, 0.25) is 0 Å². The zero-order chi connectivity index (χ0) is 45.8. The average molecular weight is 877 g/mol. The smallest absolute Gasteiger partial charge is 0.306 e. The number of carbonyl (C=O) groups excluding carboxylic acids is 3. The molecule has 0 aliphatic heterocycles. The highest BCUT2D eigenvalue weighted by Crippen LogP contribution is 2.14. The van der Waals surface area contributed by atoms with Gasteiger partial charge in [0.05, 0.1) is 0 Å². The summed E-state index contributed by atoms with van der Waals surface area (Å²) in [6.07, 6.45) is 65.7. The maximum atomic E-state index is 12.8. The molecule has 360 valence electrons. The van der Waals surface area contributed by atoms with Gasteiger partial charge in [0.25, 0.3) is 0 Å². The van der Waals surface area contributed by atoms with E-state index in [2.05, 4.69) is 106 Å². The summed E-state index contributed by atoms with van der Waals surface area (Å²) in [7, 11) is 0. The van der Waals surface area contributed by atoms with E-state index in [4.69, 9.17) is 14.2 Å². The molecule has 0 heterocycles. The molecule has 0 fully saturated rings. The van der Waals surface area contributed by atoms with E-state index in [-0.39, 0.29) is 37.5 Å². The highest BCUT2D eigenvalue weighted by atomic mass is 16.6. The molecule has 0 aliphatic carbocycles. The normalized spacial score (nSPS) is 12.7. The molecule has 0 radical (unpaired) electrons. The average Bonchev–Trinajstić information content (AvgIpc) is 3.28. The molecule has 0 aromatic carbocycles. The molecule has 6 nitrogen and oxygen atoms in total. The van der Waals surface area contributed by atoms with Crippen LogP contribution in [0, 0.1) is 0 Å². The van der Waals surface area contributed by atoms with Crippen molar-refractivity contribution in [2.24, 2.45) is 0 Å². The zero-order valence-corrected chi connectivity index (χ0v) is 41.1. The van der Waals surface area contributed by atoms with Gasteiger partial charge in [-0.3, -0.25) is 14.4 Å². The van der Waals surface area contributed by atoms with Crippen molar-refractivity contribution in [2.45, 2.75) is 245 Å². The van der Waals surface area contributed by atoms with E-state index >= 15 is 0 Å². The molecule has 6 heteroatoms. The lowest BCUT2D eigenvalue weighted by molar-refractivity contribution is -0.167. The number of rotatable bonds is 46. The molecule has 0 bridgehead atoms. The van der Waals surface area contributed by atoms with E-state index in [1.165, 1.54) is 96.3 Å². The number of ether oxygens (including phenoxy) is 3. The first kappa shape index (κ1) is 59.6. The number of hydrogen-bond acceptors (Lipinski definition) is 6. The van der Waals surface area contributed by atoms with Crippen molar-refractivity contribution in [1.29, 1.82) is 0 Å². The Morgan fingerprint density at radius 3 is 1.03 bits per heavy atom. The van der Waals surface area contributed by atoms with Crippen LogP contribution in [0.4, 0.5) is 0 Å². The van der Waals surface area contributed by atoms with Crippen LogP contribution in [0.15, 0.2) is 85.1 Å². The van der Waals surface area contributed by atoms with E-state index < -0.39 is 6.10 Å². The Morgan fingerprint density at radius 2 is 0.635 bits per heavy atom. The fourth-order valence-corrected chi connectivity index (χ4v) is 6.98. The summed E-state index contributed by atoms with van der Waals surface area (Å²) in [4.78, 5) is 37.9. The van der Waals surface area contributed by atoms with Crippen molar-refractivity contribution in [3.8, 4) is 0 Å². The summed E-state index contributed by atoms with van der Waals surface area (Å²) < 4.78 is 16.7. The van der Waals surface area contributed by atoms with Crippen LogP contribution in [0.1, 0.15) is 239 Å². The van der Waals surface area contributed by atoms with Crippen LogP contribution in [0.3, 0.4) is 0 Å². The molecule has 0 unspecified atom stereocenters. The summed E-state index contributed by atoms with van der Waals surface area (Å²) in [6, 6.07) is 0. The Balaban J connectivity index is 4.47. The fraction of sp³-hybridized carbons (Fsp3) is 0.702. The molecule has 0 amide bonds. The van der Waals surface area contributed by atoms with E-state index in [0.717, 1.165) is 96.3 Å². The minimum atomic E-state index is -0.804. The molecule has 0 aromatic rings. The molecule has 0 rings (SSSR count). The third kappa shape index (κ3) is 49.5. The second-order valence-electron chi connectivity index (χ2n) is 17.1. The maximum absolute atomic E-state index is 12.8. The lowest BCUT2D eigenvalue weighted by Crippen LogP contribution is -2.30. The predicted octanol–water partition coefficient (Wildman–Crippen LogP) is 17.2. The highest BCUT2D eigenvalue weighted by Gasteiger charge is 2.19. The van der Waals surface area contributed by atoms with Crippen LogP contribution in [0.5, 0.6) is 0 Å². The summed E-state index contributed by atoms with van der Waals surface area (Å²) >= 11 is 0. The molecule has 0 N–H and O–H groups in total. The Morgan fingerprint density at radius 1 is 0.333 bits per heavy atom. The first-order chi connectivity index (χ1) is 31.0. The van der Waals surface area contributed by atoms with Gasteiger partial charge in [0, 0.05) is 19.3 Å². The van der Waals surface area contributed by atoms with Gasteiger partial charge in [-0.05, 0) is 89.9 Å². The third-order valence-electron chi connectivity index (χ3n) is 10.9. The zero-order valence-electron chi connectivity index (χ0n) is 41.1. The molecular weight excluding hydrogens is 781 g/mol. The Labute approximate surface area is 388 Å². The molecular formula is C57H96O6. The van der Waals surface area contributed by atoms with Crippen LogP contribution in [-0.4, -0.2) is 37.2 Å². The quantitative estimate of drug-likeness (QED) is 0.0262. The Hall–Kier alpha value is -3.41. The SMILES string of the molecule is CC/C=C\C/C=C\C/C=C\C/C=C\CCCCCCC(=O)OC[C@H](COC(=O)CCC/C=C\C/C=C\C/C=C\CCCCCCCC)OC(=O)CCCCCCCCCCCCC. The first-order valence-corrected chi connectivity index (χ1v) is 26.1.